The van der Waals surface area contributed by atoms with Crippen molar-refractivity contribution in [2.75, 3.05) is 52.5 Å². The second-order valence-corrected chi connectivity index (χ2v) is 8.65. The summed E-state index contributed by atoms with van der Waals surface area (Å²) in [6, 6.07) is 1.18. The Morgan fingerprint density at radius 1 is 1.19 bits per heavy atom. The number of nitrogens with zero attached hydrogens (tertiary/aromatic N) is 3. The zero-order chi connectivity index (χ0) is 18.7. The molecule has 0 aromatic heterocycles. The van der Waals surface area contributed by atoms with Crippen LogP contribution in [0.2, 0.25) is 0 Å². The lowest BCUT2D eigenvalue weighted by molar-refractivity contribution is -0.126. The number of nitrogens with one attached hydrogen (secondary N) is 1. The van der Waals surface area contributed by atoms with Gasteiger partial charge in [0, 0.05) is 56.8 Å². The Morgan fingerprint density at radius 3 is 2.67 bits per heavy atom. The Morgan fingerprint density at radius 2 is 1.96 bits per heavy atom. The molecule has 0 amide bonds. The molecule has 2 aliphatic carbocycles. The van der Waals surface area contributed by atoms with E-state index in [9.17, 15) is 0 Å². The summed E-state index contributed by atoms with van der Waals surface area (Å²) in [4.78, 5) is 9.99. The fraction of sp³-hybridized carbons (Fsp3) is 0.952. The van der Waals surface area contributed by atoms with Crippen molar-refractivity contribution in [1.29, 1.82) is 0 Å². The van der Waals surface area contributed by atoms with Crippen LogP contribution in [0, 0.1) is 5.41 Å². The fourth-order valence-electron chi connectivity index (χ4n) is 5.81. The SMILES string of the molecule is CCN=C(NC1CC(OCC)C12CCCC2)N1CCC(N2CCOCC2)C1. The highest BCUT2D eigenvalue weighted by atomic mass is 16.5. The van der Waals surface area contributed by atoms with Gasteiger partial charge in [0.15, 0.2) is 5.96 Å². The molecule has 2 aliphatic heterocycles. The first kappa shape index (κ1) is 19.5. The number of ether oxygens (including phenoxy) is 2. The minimum absolute atomic E-state index is 0.355. The lowest BCUT2D eigenvalue weighted by Crippen LogP contribution is -2.65. The van der Waals surface area contributed by atoms with E-state index in [1.165, 1.54) is 32.1 Å². The first-order valence-electron chi connectivity index (χ1n) is 11.3. The molecule has 2 saturated heterocycles. The van der Waals surface area contributed by atoms with E-state index in [1.54, 1.807) is 0 Å². The Balaban J connectivity index is 1.38. The lowest BCUT2D eigenvalue weighted by Gasteiger charge is -2.54. The Kier molecular flexibility index (Phi) is 6.25. The molecule has 0 aromatic rings. The minimum atomic E-state index is 0.355. The first-order chi connectivity index (χ1) is 13.3. The van der Waals surface area contributed by atoms with Crippen molar-refractivity contribution in [1.82, 2.24) is 15.1 Å². The fourth-order valence-corrected chi connectivity index (χ4v) is 5.81. The molecular formula is C21H38N4O2. The highest BCUT2D eigenvalue weighted by Crippen LogP contribution is 2.54. The van der Waals surface area contributed by atoms with E-state index in [4.69, 9.17) is 14.5 Å². The van der Waals surface area contributed by atoms with E-state index in [-0.39, 0.29) is 0 Å². The van der Waals surface area contributed by atoms with E-state index in [0.717, 1.165) is 64.9 Å². The first-order valence-corrected chi connectivity index (χ1v) is 11.3. The number of morpholine rings is 1. The van der Waals surface area contributed by atoms with Crippen molar-refractivity contribution < 1.29 is 9.47 Å². The average molecular weight is 379 g/mol. The third-order valence-corrected chi connectivity index (χ3v) is 7.32. The quantitative estimate of drug-likeness (QED) is 0.586. The third kappa shape index (κ3) is 3.85. The number of likely N-dealkylation sites (tertiary alicyclic amines) is 1. The van der Waals surface area contributed by atoms with Gasteiger partial charge in [-0.25, -0.2) is 0 Å². The zero-order valence-electron chi connectivity index (χ0n) is 17.3. The van der Waals surface area contributed by atoms with Gasteiger partial charge in [0.2, 0.25) is 0 Å². The van der Waals surface area contributed by atoms with E-state index >= 15 is 0 Å². The van der Waals surface area contributed by atoms with Gasteiger partial charge in [0.1, 0.15) is 0 Å². The molecule has 4 fully saturated rings. The summed E-state index contributed by atoms with van der Waals surface area (Å²) in [5.41, 5.74) is 0.355. The topological polar surface area (TPSA) is 49.3 Å². The molecule has 1 spiro atoms. The lowest BCUT2D eigenvalue weighted by atomic mass is 9.60. The predicted molar refractivity (Wildman–Crippen MR) is 108 cm³/mol. The number of guanidine groups is 1. The van der Waals surface area contributed by atoms with Crippen LogP contribution >= 0.6 is 0 Å². The second kappa shape index (κ2) is 8.66. The number of rotatable bonds is 5. The van der Waals surface area contributed by atoms with Gasteiger partial charge < -0.3 is 19.7 Å². The van der Waals surface area contributed by atoms with Crippen LogP contribution in [0.5, 0.6) is 0 Å². The molecule has 154 valence electrons. The third-order valence-electron chi connectivity index (χ3n) is 7.32. The maximum Gasteiger partial charge on any atom is 0.194 e. The average Bonchev–Trinajstić information content (AvgIpc) is 3.38. The summed E-state index contributed by atoms with van der Waals surface area (Å²) < 4.78 is 11.6. The van der Waals surface area contributed by atoms with Gasteiger partial charge >= 0.3 is 0 Å². The number of hydrogen-bond acceptors (Lipinski definition) is 4. The minimum Gasteiger partial charge on any atom is -0.379 e. The van der Waals surface area contributed by atoms with Crippen LogP contribution < -0.4 is 5.32 Å². The molecule has 1 N–H and O–H groups in total. The molecule has 3 unspecified atom stereocenters. The molecule has 0 aromatic carbocycles. The summed E-state index contributed by atoms with van der Waals surface area (Å²) in [5.74, 6) is 1.14. The van der Waals surface area contributed by atoms with Crippen LogP contribution in [0.4, 0.5) is 0 Å². The molecule has 27 heavy (non-hydrogen) atoms. The van der Waals surface area contributed by atoms with Crippen molar-refractivity contribution in [3.05, 3.63) is 0 Å². The van der Waals surface area contributed by atoms with Crippen LogP contribution in [0.15, 0.2) is 4.99 Å². The number of aliphatic imine (C=N–C) groups is 1. The van der Waals surface area contributed by atoms with Gasteiger partial charge in [-0.2, -0.15) is 0 Å². The predicted octanol–water partition coefficient (Wildman–Crippen LogP) is 2.10. The van der Waals surface area contributed by atoms with Crippen molar-refractivity contribution >= 4 is 5.96 Å². The standard InChI is InChI=1S/C21H38N4O2/c1-3-22-20(25-10-7-17(16-25)24-11-13-26-14-12-24)23-18-15-19(27-4-2)21(18)8-5-6-9-21/h17-19H,3-16H2,1-2H3,(H,22,23). The Labute approximate surface area is 164 Å². The van der Waals surface area contributed by atoms with Crippen molar-refractivity contribution in [2.24, 2.45) is 10.4 Å². The summed E-state index contributed by atoms with van der Waals surface area (Å²) >= 11 is 0. The molecule has 0 radical (unpaired) electrons. The monoisotopic (exact) mass is 378 g/mol. The Bertz CT molecular complexity index is 514. The zero-order valence-corrected chi connectivity index (χ0v) is 17.3. The molecule has 6 nitrogen and oxygen atoms in total. The highest BCUT2D eigenvalue weighted by Gasteiger charge is 2.57. The summed E-state index contributed by atoms with van der Waals surface area (Å²) in [6.07, 6.45) is 8.15. The summed E-state index contributed by atoms with van der Waals surface area (Å²) in [7, 11) is 0. The van der Waals surface area contributed by atoms with Crippen LogP contribution in [0.25, 0.3) is 0 Å². The molecule has 4 aliphatic rings. The van der Waals surface area contributed by atoms with Crippen molar-refractivity contribution in [3.63, 3.8) is 0 Å². The van der Waals surface area contributed by atoms with E-state index in [0.29, 0.717) is 23.6 Å². The summed E-state index contributed by atoms with van der Waals surface area (Å²) in [5, 5.41) is 3.89. The van der Waals surface area contributed by atoms with Gasteiger partial charge in [-0.15, -0.1) is 0 Å². The largest absolute Gasteiger partial charge is 0.379 e. The van der Waals surface area contributed by atoms with Gasteiger partial charge in [0.05, 0.1) is 19.3 Å². The van der Waals surface area contributed by atoms with Crippen LogP contribution in [-0.4, -0.2) is 86.5 Å². The van der Waals surface area contributed by atoms with Crippen LogP contribution in [0.3, 0.4) is 0 Å². The van der Waals surface area contributed by atoms with Gasteiger partial charge in [-0.05, 0) is 39.5 Å². The molecule has 2 heterocycles. The van der Waals surface area contributed by atoms with Gasteiger partial charge in [-0.3, -0.25) is 9.89 Å². The molecule has 3 atom stereocenters. The van der Waals surface area contributed by atoms with Crippen LogP contribution in [0.1, 0.15) is 52.4 Å². The second-order valence-electron chi connectivity index (χ2n) is 8.65. The molecular weight excluding hydrogens is 340 g/mol. The maximum atomic E-state index is 6.10. The van der Waals surface area contributed by atoms with Crippen molar-refractivity contribution in [3.8, 4) is 0 Å². The highest BCUT2D eigenvalue weighted by molar-refractivity contribution is 5.81. The van der Waals surface area contributed by atoms with E-state index in [2.05, 4.69) is 29.0 Å². The molecule has 2 saturated carbocycles. The Hall–Kier alpha value is -0.850. The maximum absolute atomic E-state index is 6.10. The number of hydrogen-bond donors (Lipinski definition) is 1. The van der Waals surface area contributed by atoms with E-state index < -0.39 is 0 Å². The van der Waals surface area contributed by atoms with Gasteiger partial charge in [0.25, 0.3) is 0 Å². The van der Waals surface area contributed by atoms with Crippen molar-refractivity contribution in [2.45, 2.75) is 70.6 Å². The molecule has 6 heteroatoms. The van der Waals surface area contributed by atoms with Gasteiger partial charge in [-0.1, -0.05) is 12.8 Å². The molecule has 0 bridgehead atoms. The smallest absolute Gasteiger partial charge is 0.194 e. The molecule has 4 rings (SSSR count). The normalized spacial score (nSPS) is 34.2. The summed E-state index contributed by atoms with van der Waals surface area (Å²) in [6.45, 7) is 12.1. The van der Waals surface area contributed by atoms with Crippen LogP contribution in [-0.2, 0) is 9.47 Å². The van der Waals surface area contributed by atoms with E-state index in [1.807, 2.05) is 0 Å².